The zero-order valence-corrected chi connectivity index (χ0v) is 10.1. The van der Waals surface area contributed by atoms with Crippen LogP contribution in [0.1, 0.15) is 6.92 Å². The molecule has 0 bridgehead atoms. The lowest BCUT2D eigenvalue weighted by atomic mass is 10.7. The molecule has 0 aromatic carbocycles. The lowest BCUT2D eigenvalue weighted by molar-refractivity contribution is 0.166. The van der Waals surface area contributed by atoms with Gasteiger partial charge in [0.2, 0.25) is 0 Å². The molecule has 15 heavy (non-hydrogen) atoms. The molecule has 0 fully saturated rings. The van der Waals surface area contributed by atoms with E-state index >= 15 is 0 Å². The predicted molar refractivity (Wildman–Crippen MR) is 60.8 cm³/mol. The van der Waals surface area contributed by atoms with Gasteiger partial charge in [-0.15, -0.1) is 16.7 Å². The molecule has 1 aromatic rings. The van der Waals surface area contributed by atoms with Gasteiger partial charge >= 0.3 is 5.69 Å². The van der Waals surface area contributed by atoms with Crippen LogP contribution in [-0.4, -0.2) is 39.6 Å². The number of hydrogen-bond donors (Lipinski definition) is 1. The van der Waals surface area contributed by atoms with E-state index in [0.717, 1.165) is 5.75 Å². The van der Waals surface area contributed by atoms with Crippen molar-refractivity contribution >= 4 is 23.4 Å². The number of aromatic amines is 1. The van der Waals surface area contributed by atoms with Gasteiger partial charge in [-0.3, -0.25) is 4.57 Å². The quantitative estimate of drug-likeness (QED) is 0.445. The Kier molecular flexibility index (Phi) is 5.82. The minimum absolute atomic E-state index is 0.165. The van der Waals surface area contributed by atoms with Crippen LogP contribution in [0, 0.1) is 0 Å². The maximum atomic E-state index is 11.2. The van der Waals surface area contributed by atoms with Crippen LogP contribution in [-0.2, 0) is 11.3 Å². The van der Waals surface area contributed by atoms with Gasteiger partial charge in [0.1, 0.15) is 0 Å². The summed E-state index contributed by atoms with van der Waals surface area (Å²) in [4.78, 5) is 11.2. The molecule has 0 amide bonds. The fraction of sp³-hybridized carbons (Fsp3) is 0.750. The molecule has 0 spiro atoms. The van der Waals surface area contributed by atoms with Crippen molar-refractivity contribution in [3.05, 3.63) is 10.5 Å². The number of halogens is 1. The van der Waals surface area contributed by atoms with Crippen LogP contribution in [0.15, 0.2) is 9.95 Å². The molecular weight excluding hydrogens is 238 g/mol. The summed E-state index contributed by atoms with van der Waals surface area (Å²) in [6.45, 7) is 3.70. The van der Waals surface area contributed by atoms with E-state index in [2.05, 4.69) is 10.2 Å². The molecule has 0 radical (unpaired) electrons. The van der Waals surface area contributed by atoms with Crippen molar-refractivity contribution in [1.82, 2.24) is 14.8 Å². The van der Waals surface area contributed by atoms with Crippen molar-refractivity contribution in [2.45, 2.75) is 18.6 Å². The Bertz CT molecular complexity index is 339. The zero-order chi connectivity index (χ0) is 11.1. The number of rotatable bonds is 7. The van der Waals surface area contributed by atoms with E-state index in [0.29, 0.717) is 30.8 Å². The number of nitrogens with one attached hydrogen (secondary N) is 1. The van der Waals surface area contributed by atoms with Crippen molar-refractivity contribution < 1.29 is 4.74 Å². The van der Waals surface area contributed by atoms with Crippen LogP contribution in [0.25, 0.3) is 0 Å². The van der Waals surface area contributed by atoms with Gasteiger partial charge in [0, 0.05) is 18.2 Å². The standard InChI is InChI=1S/C8H14ClN3O2S/c1-2-12-7(13)10-11-8(12)15-6-5-14-4-3-9/h2-6H2,1H3,(H,10,13). The molecule has 0 atom stereocenters. The molecule has 0 saturated heterocycles. The molecular formula is C8H14ClN3O2S. The number of nitrogens with zero attached hydrogens (tertiary/aromatic N) is 2. The van der Waals surface area contributed by atoms with Crippen LogP contribution in [0.5, 0.6) is 0 Å². The lowest BCUT2D eigenvalue weighted by Crippen LogP contribution is -2.16. The molecule has 1 N–H and O–H groups in total. The number of thioether (sulfide) groups is 1. The van der Waals surface area contributed by atoms with Crippen LogP contribution in [0.3, 0.4) is 0 Å². The van der Waals surface area contributed by atoms with Gasteiger partial charge in [-0.2, -0.15) is 0 Å². The number of hydrogen-bond acceptors (Lipinski definition) is 4. The normalized spacial score (nSPS) is 10.8. The molecule has 0 aliphatic heterocycles. The van der Waals surface area contributed by atoms with Crippen LogP contribution in [0.2, 0.25) is 0 Å². The fourth-order valence-corrected chi connectivity index (χ4v) is 2.01. The molecule has 0 aliphatic carbocycles. The Morgan fingerprint density at radius 3 is 3.07 bits per heavy atom. The zero-order valence-electron chi connectivity index (χ0n) is 8.53. The third-order valence-electron chi connectivity index (χ3n) is 1.72. The summed E-state index contributed by atoms with van der Waals surface area (Å²) in [6.07, 6.45) is 0. The monoisotopic (exact) mass is 251 g/mol. The van der Waals surface area contributed by atoms with Crippen molar-refractivity contribution in [3.63, 3.8) is 0 Å². The van der Waals surface area contributed by atoms with Gasteiger partial charge in [-0.05, 0) is 6.92 Å². The van der Waals surface area contributed by atoms with E-state index < -0.39 is 0 Å². The first-order chi connectivity index (χ1) is 7.29. The molecule has 1 rings (SSSR count). The first-order valence-corrected chi connectivity index (χ1v) is 6.23. The summed E-state index contributed by atoms with van der Waals surface area (Å²) in [5.41, 5.74) is -0.165. The summed E-state index contributed by atoms with van der Waals surface area (Å²) in [5, 5.41) is 7.03. The largest absolute Gasteiger partial charge is 0.379 e. The molecule has 0 unspecified atom stereocenters. The molecule has 5 nitrogen and oxygen atoms in total. The summed E-state index contributed by atoms with van der Waals surface area (Å²) in [5.74, 6) is 1.27. The van der Waals surface area contributed by atoms with E-state index in [1.807, 2.05) is 6.92 Å². The fourth-order valence-electron chi connectivity index (χ4n) is 1.04. The highest BCUT2D eigenvalue weighted by molar-refractivity contribution is 7.99. The first-order valence-electron chi connectivity index (χ1n) is 4.71. The van der Waals surface area contributed by atoms with Gasteiger partial charge in [-0.1, -0.05) is 11.8 Å². The smallest absolute Gasteiger partial charge is 0.343 e. The number of aromatic nitrogens is 3. The summed E-state index contributed by atoms with van der Waals surface area (Å²) < 4.78 is 6.80. The third-order valence-corrected chi connectivity index (χ3v) is 2.81. The van der Waals surface area contributed by atoms with Crippen molar-refractivity contribution in [2.75, 3.05) is 24.8 Å². The molecule has 86 valence electrons. The van der Waals surface area contributed by atoms with Crippen LogP contribution >= 0.6 is 23.4 Å². The van der Waals surface area contributed by atoms with Crippen LogP contribution in [0.4, 0.5) is 0 Å². The summed E-state index contributed by atoms with van der Waals surface area (Å²) in [6, 6.07) is 0. The maximum absolute atomic E-state index is 11.2. The molecule has 1 heterocycles. The Morgan fingerprint density at radius 1 is 1.60 bits per heavy atom. The summed E-state index contributed by atoms with van der Waals surface area (Å²) in [7, 11) is 0. The van der Waals surface area contributed by atoms with Crippen LogP contribution < -0.4 is 5.69 Å². The van der Waals surface area contributed by atoms with Gasteiger partial charge in [0.25, 0.3) is 0 Å². The Balaban J connectivity index is 2.34. The molecule has 7 heteroatoms. The predicted octanol–water partition coefficient (Wildman–Crippen LogP) is 0.939. The van der Waals surface area contributed by atoms with E-state index in [4.69, 9.17) is 16.3 Å². The maximum Gasteiger partial charge on any atom is 0.343 e. The van der Waals surface area contributed by atoms with Crippen molar-refractivity contribution in [1.29, 1.82) is 0 Å². The average molecular weight is 252 g/mol. The topological polar surface area (TPSA) is 59.9 Å². The van der Waals surface area contributed by atoms with E-state index in [1.54, 1.807) is 4.57 Å². The molecule has 0 saturated carbocycles. The third kappa shape index (κ3) is 3.89. The van der Waals surface area contributed by atoms with Crippen molar-refractivity contribution in [2.24, 2.45) is 0 Å². The number of alkyl halides is 1. The van der Waals surface area contributed by atoms with E-state index in [-0.39, 0.29) is 5.69 Å². The highest BCUT2D eigenvalue weighted by Crippen LogP contribution is 2.12. The average Bonchev–Trinajstić information content (AvgIpc) is 2.59. The van der Waals surface area contributed by atoms with Crippen molar-refractivity contribution in [3.8, 4) is 0 Å². The Morgan fingerprint density at radius 2 is 2.40 bits per heavy atom. The Hall–Kier alpha value is -0.460. The highest BCUT2D eigenvalue weighted by atomic mass is 35.5. The highest BCUT2D eigenvalue weighted by Gasteiger charge is 2.05. The number of ether oxygens (including phenoxy) is 1. The van der Waals surface area contributed by atoms with Gasteiger partial charge in [0.15, 0.2) is 5.16 Å². The summed E-state index contributed by atoms with van der Waals surface area (Å²) >= 11 is 6.95. The molecule has 0 aliphatic rings. The SMILES string of the molecule is CCn1c(SCCOCCCl)n[nH]c1=O. The van der Waals surface area contributed by atoms with Gasteiger partial charge < -0.3 is 4.74 Å². The second-order valence-electron chi connectivity index (χ2n) is 2.71. The lowest BCUT2D eigenvalue weighted by Gasteiger charge is -2.02. The number of H-pyrrole nitrogens is 1. The van der Waals surface area contributed by atoms with E-state index in [9.17, 15) is 4.79 Å². The second-order valence-corrected chi connectivity index (χ2v) is 4.15. The second kappa shape index (κ2) is 6.92. The molecule has 1 aromatic heterocycles. The van der Waals surface area contributed by atoms with Gasteiger partial charge in [0.05, 0.1) is 13.2 Å². The van der Waals surface area contributed by atoms with Gasteiger partial charge in [-0.25, -0.2) is 9.89 Å². The first kappa shape index (κ1) is 12.6. The minimum Gasteiger partial charge on any atom is -0.379 e. The van der Waals surface area contributed by atoms with E-state index in [1.165, 1.54) is 11.8 Å². The Labute approximate surface area is 97.1 Å². The minimum atomic E-state index is -0.165.